The van der Waals surface area contributed by atoms with Crippen LogP contribution >= 0.6 is 0 Å². The Bertz CT molecular complexity index is 1270. The molecule has 8 heteroatoms. The molecule has 8 nitrogen and oxygen atoms in total. The van der Waals surface area contributed by atoms with Gasteiger partial charge in [-0.1, -0.05) is 0 Å². The second-order valence-electron chi connectivity index (χ2n) is 8.22. The minimum Gasteiger partial charge on any atom is -0.356 e. The van der Waals surface area contributed by atoms with E-state index >= 15 is 0 Å². The van der Waals surface area contributed by atoms with Gasteiger partial charge in [-0.15, -0.1) is 0 Å². The van der Waals surface area contributed by atoms with Crippen molar-refractivity contribution in [3.63, 3.8) is 0 Å². The molecular formula is C23H25N7O. The van der Waals surface area contributed by atoms with Gasteiger partial charge in [-0.25, -0.2) is 9.67 Å². The van der Waals surface area contributed by atoms with E-state index in [1.807, 2.05) is 36.6 Å². The number of anilines is 1. The molecule has 1 aliphatic heterocycles. The summed E-state index contributed by atoms with van der Waals surface area (Å²) in [6.45, 7) is 6.48. The molecule has 0 N–H and O–H groups in total. The lowest BCUT2D eigenvalue weighted by Crippen LogP contribution is -2.37. The average Bonchev–Trinajstić information content (AvgIpc) is 3.16. The van der Waals surface area contributed by atoms with Crippen LogP contribution in [0.5, 0.6) is 0 Å². The van der Waals surface area contributed by atoms with Crippen LogP contribution < -0.4 is 10.5 Å². The Labute approximate surface area is 180 Å². The summed E-state index contributed by atoms with van der Waals surface area (Å²) in [7, 11) is 0. The molecule has 4 aromatic rings. The zero-order chi connectivity index (χ0) is 21.4. The number of pyridine rings is 1. The van der Waals surface area contributed by atoms with Gasteiger partial charge in [0.15, 0.2) is 5.65 Å². The number of piperidine rings is 1. The van der Waals surface area contributed by atoms with Gasteiger partial charge in [0.2, 0.25) is 0 Å². The normalized spacial score (nSPS) is 15.0. The van der Waals surface area contributed by atoms with Gasteiger partial charge in [0.1, 0.15) is 5.82 Å². The van der Waals surface area contributed by atoms with Gasteiger partial charge in [0.05, 0.1) is 11.4 Å². The third kappa shape index (κ3) is 3.93. The minimum absolute atomic E-state index is 0.0567. The van der Waals surface area contributed by atoms with Gasteiger partial charge in [0, 0.05) is 61.5 Å². The number of hydrogen-bond acceptors (Lipinski definition) is 6. The predicted molar refractivity (Wildman–Crippen MR) is 119 cm³/mol. The molecule has 0 aliphatic carbocycles. The molecule has 0 atom stereocenters. The van der Waals surface area contributed by atoms with E-state index in [1.54, 1.807) is 29.2 Å². The highest BCUT2D eigenvalue weighted by Gasteiger charge is 2.23. The van der Waals surface area contributed by atoms with Gasteiger partial charge >= 0.3 is 0 Å². The fraction of sp³-hybridized carbons (Fsp3) is 0.348. The molecule has 1 saturated heterocycles. The molecule has 1 fully saturated rings. The van der Waals surface area contributed by atoms with Crippen molar-refractivity contribution in [2.24, 2.45) is 5.92 Å². The Balaban J connectivity index is 1.32. The lowest BCUT2D eigenvalue weighted by molar-refractivity contribution is 0.334. The molecule has 0 saturated carbocycles. The van der Waals surface area contributed by atoms with Crippen LogP contribution in [0.1, 0.15) is 24.2 Å². The second kappa shape index (κ2) is 7.94. The maximum absolute atomic E-state index is 12.4. The summed E-state index contributed by atoms with van der Waals surface area (Å²) < 4.78 is 3.55. The molecule has 0 unspecified atom stereocenters. The van der Waals surface area contributed by atoms with E-state index in [1.165, 1.54) is 0 Å². The monoisotopic (exact) mass is 415 g/mol. The topological polar surface area (TPSA) is 81.2 Å². The van der Waals surface area contributed by atoms with E-state index in [4.69, 9.17) is 0 Å². The summed E-state index contributed by atoms with van der Waals surface area (Å²) in [5.41, 5.74) is 4.55. The zero-order valence-electron chi connectivity index (χ0n) is 17.8. The maximum Gasteiger partial charge on any atom is 0.266 e. The summed E-state index contributed by atoms with van der Waals surface area (Å²) in [6.07, 6.45) is 5.47. The molecule has 4 aromatic heterocycles. The molecule has 0 spiro atoms. The van der Waals surface area contributed by atoms with E-state index in [9.17, 15) is 4.79 Å². The van der Waals surface area contributed by atoms with Crippen LogP contribution in [0.15, 0.2) is 53.6 Å². The van der Waals surface area contributed by atoms with Crippen LogP contribution in [-0.4, -0.2) is 42.5 Å². The van der Waals surface area contributed by atoms with Crippen LogP contribution in [0.25, 0.3) is 16.9 Å². The van der Waals surface area contributed by atoms with E-state index in [0.29, 0.717) is 12.5 Å². The first-order chi connectivity index (χ1) is 15.1. The highest BCUT2D eigenvalue weighted by molar-refractivity contribution is 5.57. The van der Waals surface area contributed by atoms with Gasteiger partial charge in [-0.3, -0.25) is 9.78 Å². The fourth-order valence-corrected chi connectivity index (χ4v) is 4.27. The Morgan fingerprint density at radius 2 is 1.74 bits per heavy atom. The Morgan fingerprint density at radius 1 is 0.968 bits per heavy atom. The van der Waals surface area contributed by atoms with E-state index < -0.39 is 0 Å². The molecule has 0 radical (unpaired) electrons. The summed E-state index contributed by atoms with van der Waals surface area (Å²) in [5, 5.41) is 9.23. The van der Waals surface area contributed by atoms with Crippen LogP contribution in [0.3, 0.4) is 0 Å². The highest BCUT2D eigenvalue weighted by Crippen LogP contribution is 2.25. The third-order valence-corrected chi connectivity index (χ3v) is 5.87. The Kier molecular flexibility index (Phi) is 4.97. The molecule has 5 heterocycles. The SMILES string of the molecule is Cc1cc(N2CCC(Cn3nc(-c4ccncc4)ccc3=O)CC2)n2nc(C)cc2n1. The number of nitrogens with zero attached hydrogens (tertiary/aromatic N) is 7. The molecular weight excluding hydrogens is 390 g/mol. The Hall–Kier alpha value is -3.55. The van der Waals surface area contributed by atoms with Gasteiger partial charge in [0.25, 0.3) is 5.56 Å². The summed E-state index contributed by atoms with van der Waals surface area (Å²) in [5.74, 6) is 1.50. The zero-order valence-corrected chi connectivity index (χ0v) is 17.8. The molecule has 0 amide bonds. The smallest absolute Gasteiger partial charge is 0.266 e. The van der Waals surface area contributed by atoms with Gasteiger partial charge in [-0.2, -0.15) is 14.7 Å². The van der Waals surface area contributed by atoms with Crippen molar-refractivity contribution >= 4 is 11.5 Å². The van der Waals surface area contributed by atoms with Crippen molar-refractivity contribution in [1.29, 1.82) is 0 Å². The molecule has 1 aliphatic rings. The average molecular weight is 416 g/mol. The lowest BCUT2D eigenvalue weighted by atomic mass is 9.97. The number of fused-ring (bicyclic) bond motifs is 1. The standard InChI is InChI=1S/C23H25N7O/c1-16-14-22(30-21(25-16)13-17(2)26-30)28-11-7-18(8-12-28)15-29-23(31)4-3-20(27-29)19-5-9-24-10-6-19/h3-6,9-10,13-14,18H,7-8,11-12,15H2,1-2H3. The first-order valence-electron chi connectivity index (χ1n) is 10.6. The van der Waals surface area contributed by atoms with Crippen LogP contribution in [0.2, 0.25) is 0 Å². The summed E-state index contributed by atoms with van der Waals surface area (Å²) >= 11 is 0. The Morgan fingerprint density at radius 3 is 2.52 bits per heavy atom. The van der Waals surface area contributed by atoms with E-state index in [2.05, 4.69) is 31.1 Å². The number of aryl methyl sites for hydroxylation is 2. The summed E-state index contributed by atoms with van der Waals surface area (Å²) in [6, 6.07) is 11.3. The van der Waals surface area contributed by atoms with Gasteiger partial charge < -0.3 is 4.90 Å². The van der Waals surface area contributed by atoms with Crippen molar-refractivity contribution in [3.8, 4) is 11.3 Å². The molecule has 158 valence electrons. The van der Waals surface area contributed by atoms with Gasteiger partial charge in [-0.05, 0) is 50.8 Å². The van der Waals surface area contributed by atoms with Crippen molar-refractivity contribution in [1.82, 2.24) is 29.4 Å². The molecule has 0 bridgehead atoms. The number of hydrogen-bond donors (Lipinski definition) is 0. The summed E-state index contributed by atoms with van der Waals surface area (Å²) in [4.78, 5) is 23.4. The van der Waals surface area contributed by atoms with Crippen molar-refractivity contribution in [2.75, 3.05) is 18.0 Å². The highest BCUT2D eigenvalue weighted by atomic mass is 16.1. The molecule has 0 aromatic carbocycles. The first-order valence-corrected chi connectivity index (χ1v) is 10.6. The minimum atomic E-state index is -0.0567. The van der Waals surface area contributed by atoms with Crippen LogP contribution in [-0.2, 0) is 6.54 Å². The first kappa shape index (κ1) is 19.4. The predicted octanol–water partition coefficient (Wildman–Crippen LogP) is 2.88. The third-order valence-electron chi connectivity index (χ3n) is 5.87. The van der Waals surface area contributed by atoms with Crippen molar-refractivity contribution in [2.45, 2.75) is 33.2 Å². The molecule has 5 rings (SSSR count). The van der Waals surface area contributed by atoms with Crippen molar-refractivity contribution < 1.29 is 0 Å². The van der Waals surface area contributed by atoms with Crippen LogP contribution in [0.4, 0.5) is 5.82 Å². The van der Waals surface area contributed by atoms with E-state index in [-0.39, 0.29) is 5.56 Å². The largest absolute Gasteiger partial charge is 0.356 e. The fourth-order valence-electron chi connectivity index (χ4n) is 4.27. The second-order valence-corrected chi connectivity index (χ2v) is 8.22. The molecule has 31 heavy (non-hydrogen) atoms. The van der Waals surface area contributed by atoms with Crippen molar-refractivity contribution in [3.05, 3.63) is 70.5 Å². The lowest BCUT2D eigenvalue weighted by Gasteiger charge is -2.33. The number of rotatable bonds is 4. The maximum atomic E-state index is 12.4. The van der Waals surface area contributed by atoms with Crippen LogP contribution in [0, 0.1) is 19.8 Å². The quantitative estimate of drug-likeness (QED) is 0.510. The van der Waals surface area contributed by atoms with E-state index in [0.717, 1.165) is 60.0 Å². The number of aromatic nitrogens is 6.